The first-order chi connectivity index (χ1) is 10.3. The van der Waals surface area contributed by atoms with E-state index in [2.05, 4.69) is 5.32 Å². The summed E-state index contributed by atoms with van der Waals surface area (Å²) in [5.41, 5.74) is 1.61. The second kappa shape index (κ2) is 6.17. The molecule has 0 aliphatic rings. The summed E-state index contributed by atoms with van der Waals surface area (Å²) in [4.78, 5) is 12.0. The van der Waals surface area contributed by atoms with Crippen molar-refractivity contribution in [1.82, 2.24) is 5.32 Å². The monoisotopic (exact) mass is 320 g/mol. The molecule has 22 heavy (non-hydrogen) atoms. The molecule has 7 heteroatoms. The zero-order chi connectivity index (χ0) is 16.3. The Hall–Kier alpha value is -2.38. The minimum Gasteiger partial charge on any atom is -0.507 e. The van der Waals surface area contributed by atoms with Crippen molar-refractivity contribution in [3.63, 3.8) is 0 Å². The topological polar surface area (TPSA) is 109 Å². The van der Waals surface area contributed by atoms with Crippen molar-refractivity contribution in [2.75, 3.05) is 0 Å². The van der Waals surface area contributed by atoms with Gasteiger partial charge in [-0.05, 0) is 36.8 Å². The number of aromatic hydroxyl groups is 1. The molecule has 0 saturated carbocycles. The van der Waals surface area contributed by atoms with Gasteiger partial charge in [-0.25, -0.2) is 13.6 Å². The van der Waals surface area contributed by atoms with Crippen LogP contribution >= 0.6 is 0 Å². The number of rotatable bonds is 4. The summed E-state index contributed by atoms with van der Waals surface area (Å²) in [7, 11) is -3.78. The average molecular weight is 320 g/mol. The van der Waals surface area contributed by atoms with Crippen LogP contribution in [-0.2, 0) is 16.6 Å². The number of nitrogens with one attached hydrogen (secondary N) is 1. The number of amides is 1. The maximum absolute atomic E-state index is 12.1. The molecule has 0 radical (unpaired) electrons. The van der Waals surface area contributed by atoms with Gasteiger partial charge in [-0.2, -0.15) is 0 Å². The molecular formula is C15H16N2O4S. The van der Waals surface area contributed by atoms with Crippen molar-refractivity contribution in [1.29, 1.82) is 0 Å². The largest absolute Gasteiger partial charge is 0.507 e. The molecule has 0 bridgehead atoms. The van der Waals surface area contributed by atoms with E-state index in [4.69, 9.17) is 5.14 Å². The number of sulfonamides is 1. The summed E-state index contributed by atoms with van der Waals surface area (Å²) in [6, 6.07) is 10.7. The van der Waals surface area contributed by atoms with Crippen LogP contribution in [0.4, 0.5) is 0 Å². The Balaban J connectivity index is 2.13. The van der Waals surface area contributed by atoms with E-state index < -0.39 is 15.9 Å². The van der Waals surface area contributed by atoms with Crippen LogP contribution in [0, 0.1) is 6.92 Å². The number of carbonyl (C=O) groups excluding carboxylic acids is 1. The van der Waals surface area contributed by atoms with Crippen LogP contribution in [0.1, 0.15) is 21.5 Å². The molecule has 2 aromatic carbocycles. The maximum atomic E-state index is 12.1. The summed E-state index contributed by atoms with van der Waals surface area (Å²) in [6.07, 6.45) is 0. The first-order valence-corrected chi connectivity index (χ1v) is 8.01. The zero-order valence-corrected chi connectivity index (χ0v) is 12.7. The summed E-state index contributed by atoms with van der Waals surface area (Å²) in [5.74, 6) is -0.552. The van der Waals surface area contributed by atoms with Gasteiger partial charge in [0, 0.05) is 6.54 Å². The van der Waals surface area contributed by atoms with Crippen LogP contribution in [0.3, 0.4) is 0 Å². The van der Waals surface area contributed by atoms with Gasteiger partial charge in [0.15, 0.2) is 0 Å². The fraction of sp³-hybridized carbons (Fsp3) is 0.133. The molecular weight excluding hydrogens is 304 g/mol. The molecule has 2 aromatic rings. The van der Waals surface area contributed by atoms with E-state index in [1.165, 1.54) is 18.2 Å². The van der Waals surface area contributed by atoms with Crippen molar-refractivity contribution < 1.29 is 18.3 Å². The van der Waals surface area contributed by atoms with Gasteiger partial charge in [0.25, 0.3) is 5.91 Å². The van der Waals surface area contributed by atoms with Gasteiger partial charge in [0.05, 0.1) is 10.5 Å². The lowest BCUT2D eigenvalue weighted by molar-refractivity contribution is 0.0948. The molecule has 0 aliphatic carbocycles. The van der Waals surface area contributed by atoms with E-state index in [-0.39, 0.29) is 22.8 Å². The Morgan fingerprint density at radius 2 is 1.95 bits per heavy atom. The predicted octanol–water partition coefficient (Wildman–Crippen LogP) is 1.28. The first kappa shape index (κ1) is 16.0. The maximum Gasteiger partial charge on any atom is 0.255 e. The Morgan fingerprint density at radius 1 is 1.23 bits per heavy atom. The van der Waals surface area contributed by atoms with Crippen molar-refractivity contribution in [2.45, 2.75) is 18.4 Å². The number of primary sulfonamides is 1. The molecule has 0 aromatic heterocycles. The second-order valence-corrected chi connectivity index (χ2v) is 6.46. The number of hydrogen-bond acceptors (Lipinski definition) is 4. The third-order valence-corrected chi connectivity index (χ3v) is 3.99. The summed E-state index contributed by atoms with van der Waals surface area (Å²) < 4.78 is 22.6. The SMILES string of the molecule is Cc1ccc(O)c(C(=O)NCc2cccc(S(N)(=O)=O)c2)c1. The standard InChI is InChI=1S/C15H16N2O4S/c1-10-5-6-14(18)13(7-10)15(19)17-9-11-3-2-4-12(8-11)22(16,20)21/h2-8,18H,9H2,1H3,(H,17,19)(H2,16,20,21). The van der Waals surface area contributed by atoms with Gasteiger partial charge < -0.3 is 10.4 Å². The van der Waals surface area contributed by atoms with Gasteiger partial charge >= 0.3 is 0 Å². The highest BCUT2D eigenvalue weighted by molar-refractivity contribution is 7.89. The van der Waals surface area contributed by atoms with Crippen LogP contribution in [-0.4, -0.2) is 19.4 Å². The zero-order valence-electron chi connectivity index (χ0n) is 11.9. The van der Waals surface area contributed by atoms with Crippen molar-refractivity contribution >= 4 is 15.9 Å². The summed E-state index contributed by atoms with van der Waals surface area (Å²) in [6.45, 7) is 1.93. The third-order valence-electron chi connectivity index (χ3n) is 3.08. The number of phenols is 1. The van der Waals surface area contributed by atoms with Gasteiger partial charge in [-0.15, -0.1) is 0 Å². The van der Waals surface area contributed by atoms with Crippen LogP contribution < -0.4 is 10.5 Å². The molecule has 0 heterocycles. The molecule has 0 fully saturated rings. The normalized spacial score (nSPS) is 11.2. The van der Waals surface area contributed by atoms with E-state index in [9.17, 15) is 18.3 Å². The summed E-state index contributed by atoms with van der Waals surface area (Å²) >= 11 is 0. The van der Waals surface area contributed by atoms with Crippen LogP contribution in [0.25, 0.3) is 0 Å². The molecule has 0 saturated heterocycles. The van der Waals surface area contributed by atoms with E-state index in [0.29, 0.717) is 5.56 Å². The van der Waals surface area contributed by atoms with E-state index >= 15 is 0 Å². The molecule has 0 spiro atoms. The Kier molecular flexibility index (Phi) is 4.48. The molecule has 0 aliphatic heterocycles. The highest BCUT2D eigenvalue weighted by Crippen LogP contribution is 2.18. The smallest absolute Gasteiger partial charge is 0.255 e. The quantitative estimate of drug-likeness (QED) is 0.788. The molecule has 4 N–H and O–H groups in total. The first-order valence-electron chi connectivity index (χ1n) is 6.47. The number of aryl methyl sites for hydroxylation is 1. The number of phenolic OH excluding ortho intramolecular Hbond substituents is 1. The predicted molar refractivity (Wildman–Crippen MR) is 81.8 cm³/mol. The fourth-order valence-electron chi connectivity index (χ4n) is 1.94. The molecule has 6 nitrogen and oxygen atoms in total. The average Bonchev–Trinajstić information content (AvgIpc) is 2.47. The number of benzene rings is 2. The van der Waals surface area contributed by atoms with Gasteiger partial charge in [0.2, 0.25) is 10.0 Å². The molecule has 0 unspecified atom stereocenters. The Labute approximate surface area is 128 Å². The fourth-order valence-corrected chi connectivity index (χ4v) is 2.53. The molecule has 116 valence electrons. The lowest BCUT2D eigenvalue weighted by Crippen LogP contribution is -2.23. The second-order valence-electron chi connectivity index (χ2n) is 4.90. The van der Waals surface area contributed by atoms with Crippen molar-refractivity contribution in [2.24, 2.45) is 5.14 Å². The number of carbonyl (C=O) groups is 1. The number of hydrogen-bond donors (Lipinski definition) is 3. The molecule has 0 atom stereocenters. The minimum atomic E-state index is -3.78. The Morgan fingerprint density at radius 3 is 2.64 bits per heavy atom. The van der Waals surface area contributed by atoms with Gasteiger partial charge in [-0.3, -0.25) is 4.79 Å². The van der Waals surface area contributed by atoms with Crippen LogP contribution in [0.2, 0.25) is 0 Å². The lowest BCUT2D eigenvalue weighted by Gasteiger charge is -2.08. The van der Waals surface area contributed by atoms with Crippen molar-refractivity contribution in [3.8, 4) is 5.75 Å². The number of nitrogens with two attached hydrogens (primary N) is 1. The summed E-state index contributed by atoms with van der Waals surface area (Å²) in [5, 5.41) is 17.4. The van der Waals surface area contributed by atoms with E-state index in [0.717, 1.165) is 5.56 Å². The Bertz CT molecular complexity index is 816. The van der Waals surface area contributed by atoms with Gasteiger partial charge in [-0.1, -0.05) is 23.8 Å². The molecule has 2 rings (SSSR count). The van der Waals surface area contributed by atoms with Crippen molar-refractivity contribution in [3.05, 3.63) is 59.2 Å². The highest BCUT2D eigenvalue weighted by Gasteiger charge is 2.12. The van der Waals surface area contributed by atoms with Crippen LogP contribution in [0.5, 0.6) is 5.75 Å². The minimum absolute atomic E-state index is 0.0161. The van der Waals surface area contributed by atoms with E-state index in [1.54, 1.807) is 24.3 Å². The third kappa shape index (κ3) is 3.84. The van der Waals surface area contributed by atoms with Gasteiger partial charge in [0.1, 0.15) is 5.75 Å². The van der Waals surface area contributed by atoms with Crippen LogP contribution in [0.15, 0.2) is 47.4 Å². The van der Waals surface area contributed by atoms with E-state index in [1.807, 2.05) is 6.92 Å². The highest BCUT2D eigenvalue weighted by atomic mass is 32.2. The molecule has 1 amide bonds. The lowest BCUT2D eigenvalue weighted by atomic mass is 10.1.